The Hall–Kier alpha value is -1.76. The third kappa shape index (κ3) is 2.72. The van der Waals surface area contributed by atoms with E-state index in [2.05, 4.69) is 51.1 Å². The Morgan fingerprint density at radius 2 is 1.60 bits per heavy atom. The SMILES string of the molecule is CCCc1c(-c2ccccc2)cc(CC)c(CC)c1O. The summed E-state index contributed by atoms with van der Waals surface area (Å²) >= 11 is 0. The summed E-state index contributed by atoms with van der Waals surface area (Å²) in [5, 5.41) is 10.7. The van der Waals surface area contributed by atoms with Gasteiger partial charge in [-0.15, -0.1) is 0 Å². The molecular formula is C19H24O. The van der Waals surface area contributed by atoms with Gasteiger partial charge in [0.25, 0.3) is 0 Å². The monoisotopic (exact) mass is 268 g/mol. The molecule has 0 fully saturated rings. The lowest BCUT2D eigenvalue weighted by molar-refractivity contribution is 0.460. The molecule has 0 amide bonds. The summed E-state index contributed by atoms with van der Waals surface area (Å²) in [6, 6.07) is 12.7. The molecule has 20 heavy (non-hydrogen) atoms. The Labute approximate surface area is 122 Å². The van der Waals surface area contributed by atoms with E-state index in [1.165, 1.54) is 16.7 Å². The van der Waals surface area contributed by atoms with Crippen LogP contribution in [0.1, 0.15) is 43.9 Å². The number of rotatable bonds is 5. The predicted octanol–water partition coefficient (Wildman–Crippen LogP) is 5.14. The van der Waals surface area contributed by atoms with Crippen molar-refractivity contribution in [2.24, 2.45) is 0 Å². The minimum Gasteiger partial charge on any atom is -0.507 e. The minimum absolute atomic E-state index is 0.521. The van der Waals surface area contributed by atoms with E-state index in [1.54, 1.807) is 0 Å². The Morgan fingerprint density at radius 3 is 2.15 bits per heavy atom. The van der Waals surface area contributed by atoms with Gasteiger partial charge < -0.3 is 5.11 Å². The van der Waals surface area contributed by atoms with Crippen LogP contribution in [0.2, 0.25) is 0 Å². The summed E-state index contributed by atoms with van der Waals surface area (Å²) in [5.41, 5.74) is 5.88. The van der Waals surface area contributed by atoms with Gasteiger partial charge in [-0.3, -0.25) is 0 Å². The highest BCUT2D eigenvalue weighted by molar-refractivity contribution is 5.72. The number of benzene rings is 2. The van der Waals surface area contributed by atoms with Gasteiger partial charge in [0.2, 0.25) is 0 Å². The molecule has 2 rings (SSSR count). The highest BCUT2D eigenvalue weighted by Gasteiger charge is 2.16. The number of aryl methyl sites for hydroxylation is 1. The van der Waals surface area contributed by atoms with Gasteiger partial charge in [-0.25, -0.2) is 0 Å². The molecule has 0 unspecified atom stereocenters. The van der Waals surface area contributed by atoms with Crippen molar-refractivity contribution >= 4 is 0 Å². The summed E-state index contributed by atoms with van der Waals surface area (Å²) in [5.74, 6) is 0.521. The van der Waals surface area contributed by atoms with Gasteiger partial charge in [0, 0.05) is 5.56 Å². The smallest absolute Gasteiger partial charge is 0.122 e. The molecule has 106 valence electrons. The lowest BCUT2D eigenvalue weighted by atomic mass is 9.89. The van der Waals surface area contributed by atoms with Crippen molar-refractivity contribution in [1.29, 1.82) is 0 Å². The highest BCUT2D eigenvalue weighted by atomic mass is 16.3. The average Bonchev–Trinajstić information content (AvgIpc) is 2.49. The van der Waals surface area contributed by atoms with E-state index in [0.29, 0.717) is 5.75 Å². The summed E-state index contributed by atoms with van der Waals surface area (Å²) < 4.78 is 0. The maximum atomic E-state index is 10.7. The summed E-state index contributed by atoms with van der Waals surface area (Å²) in [6.45, 7) is 6.43. The van der Waals surface area contributed by atoms with Crippen molar-refractivity contribution in [3.8, 4) is 16.9 Å². The van der Waals surface area contributed by atoms with Crippen LogP contribution in [-0.4, -0.2) is 5.11 Å². The fraction of sp³-hybridized carbons (Fsp3) is 0.368. The molecule has 2 aromatic rings. The molecule has 1 heteroatoms. The molecule has 1 nitrogen and oxygen atoms in total. The van der Waals surface area contributed by atoms with E-state index in [9.17, 15) is 5.11 Å². The first kappa shape index (κ1) is 14.6. The van der Waals surface area contributed by atoms with Crippen LogP contribution < -0.4 is 0 Å². The Bertz CT molecular complexity index is 570. The fourth-order valence-corrected chi connectivity index (χ4v) is 2.90. The summed E-state index contributed by atoms with van der Waals surface area (Å²) in [7, 11) is 0. The van der Waals surface area contributed by atoms with E-state index >= 15 is 0 Å². The van der Waals surface area contributed by atoms with Gasteiger partial charge in [0.15, 0.2) is 0 Å². The molecule has 0 aliphatic carbocycles. The fourth-order valence-electron chi connectivity index (χ4n) is 2.90. The molecule has 0 aliphatic heterocycles. The number of hydrogen-bond acceptors (Lipinski definition) is 1. The van der Waals surface area contributed by atoms with Gasteiger partial charge in [0.05, 0.1) is 0 Å². The molecule has 0 radical (unpaired) electrons. The van der Waals surface area contributed by atoms with Gasteiger partial charge in [-0.05, 0) is 41.5 Å². The van der Waals surface area contributed by atoms with Crippen LogP contribution in [0.15, 0.2) is 36.4 Å². The van der Waals surface area contributed by atoms with Crippen molar-refractivity contribution in [3.05, 3.63) is 53.1 Å². The van der Waals surface area contributed by atoms with Crippen molar-refractivity contribution in [1.82, 2.24) is 0 Å². The molecule has 0 heterocycles. The Kier molecular flexibility index (Phi) is 4.84. The maximum Gasteiger partial charge on any atom is 0.122 e. The molecule has 0 saturated heterocycles. The summed E-state index contributed by atoms with van der Waals surface area (Å²) in [6.07, 6.45) is 3.82. The van der Waals surface area contributed by atoms with Crippen molar-refractivity contribution in [2.45, 2.75) is 46.5 Å². The molecule has 0 saturated carbocycles. The van der Waals surface area contributed by atoms with E-state index < -0.39 is 0 Å². The lowest BCUT2D eigenvalue weighted by Gasteiger charge is -2.18. The van der Waals surface area contributed by atoms with Gasteiger partial charge >= 0.3 is 0 Å². The maximum absolute atomic E-state index is 10.7. The number of hydrogen-bond donors (Lipinski definition) is 1. The highest BCUT2D eigenvalue weighted by Crippen LogP contribution is 2.37. The third-order valence-corrected chi connectivity index (χ3v) is 3.92. The van der Waals surface area contributed by atoms with Crippen molar-refractivity contribution in [2.75, 3.05) is 0 Å². The summed E-state index contributed by atoms with van der Waals surface area (Å²) in [4.78, 5) is 0. The van der Waals surface area contributed by atoms with Crippen LogP contribution in [-0.2, 0) is 19.3 Å². The van der Waals surface area contributed by atoms with Crippen LogP contribution in [0.4, 0.5) is 0 Å². The number of phenols is 1. The first-order valence-electron chi connectivity index (χ1n) is 7.64. The second kappa shape index (κ2) is 6.60. The Balaban J connectivity index is 2.69. The lowest BCUT2D eigenvalue weighted by Crippen LogP contribution is -1.99. The molecule has 2 aromatic carbocycles. The zero-order valence-electron chi connectivity index (χ0n) is 12.7. The van der Waals surface area contributed by atoms with Crippen molar-refractivity contribution < 1.29 is 5.11 Å². The zero-order valence-corrected chi connectivity index (χ0v) is 12.7. The molecule has 0 aromatic heterocycles. The Morgan fingerprint density at radius 1 is 0.900 bits per heavy atom. The third-order valence-electron chi connectivity index (χ3n) is 3.92. The topological polar surface area (TPSA) is 20.2 Å². The quantitative estimate of drug-likeness (QED) is 0.796. The van der Waals surface area contributed by atoms with Crippen LogP contribution in [0.5, 0.6) is 5.75 Å². The van der Waals surface area contributed by atoms with Crippen LogP contribution in [0.25, 0.3) is 11.1 Å². The van der Waals surface area contributed by atoms with Crippen LogP contribution in [0.3, 0.4) is 0 Å². The minimum atomic E-state index is 0.521. The zero-order chi connectivity index (χ0) is 14.5. The molecular weight excluding hydrogens is 244 g/mol. The molecule has 0 aliphatic rings. The normalized spacial score (nSPS) is 10.8. The number of phenolic OH excluding ortho intramolecular Hbond substituents is 1. The first-order valence-corrected chi connectivity index (χ1v) is 7.64. The van der Waals surface area contributed by atoms with Crippen LogP contribution >= 0.6 is 0 Å². The largest absolute Gasteiger partial charge is 0.507 e. The van der Waals surface area contributed by atoms with Gasteiger partial charge in [-0.2, -0.15) is 0 Å². The molecule has 0 bridgehead atoms. The predicted molar refractivity (Wildman–Crippen MR) is 86.3 cm³/mol. The molecule has 0 spiro atoms. The first-order chi connectivity index (χ1) is 9.72. The van der Waals surface area contributed by atoms with Gasteiger partial charge in [-0.1, -0.05) is 63.6 Å². The second-order valence-electron chi connectivity index (χ2n) is 5.21. The second-order valence-corrected chi connectivity index (χ2v) is 5.21. The van der Waals surface area contributed by atoms with Gasteiger partial charge in [0.1, 0.15) is 5.75 Å². The standard InChI is InChI=1S/C19H24O/c1-4-10-17-18(15-11-8-7-9-12-15)13-14(5-2)16(6-3)19(17)20/h7-9,11-13,20H,4-6,10H2,1-3H3. The van der Waals surface area contributed by atoms with Crippen molar-refractivity contribution in [3.63, 3.8) is 0 Å². The van der Waals surface area contributed by atoms with E-state index in [1.807, 2.05) is 6.07 Å². The van der Waals surface area contributed by atoms with E-state index in [4.69, 9.17) is 0 Å². The number of aromatic hydroxyl groups is 1. The molecule has 1 N–H and O–H groups in total. The van der Waals surface area contributed by atoms with Crippen LogP contribution in [0, 0.1) is 0 Å². The molecule has 0 atom stereocenters. The van der Waals surface area contributed by atoms with E-state index in [-0.39, 0.29) is 0 Å². The van der Waals surface area contributed by atoms with E-state index in [0.717, 1.165) is 36.8 Å². The average molecular weight is 268 g/mol.